The molecule has 3 aliphatic rings. The van der Waals surface area contributed by atoms with Gasteiger partial charge in [0.2, 0.25) is 17.8 Å². The largest absolute Gasteiger partial charge is 0.396 e. The molecule has 5 unspecified atom stereocenters. The van der Waals surface area contributed by atoms with E-state index in [4.69, 9.17) is 37.9 Å². The van der Waals surface area contributed by atoms with Crippen LogP contribution in [0.3, 0.4) is 0 Å². The molecule has 0 amide bonds. The van der Waals surface area contributed by atoms with Gasteiger partial charge in [-0.3, -0.25) is 0 Å². The normalized spacial score (nSPS) is 32.4. The number of aliphatic hydroxyl groups excluding tert-OH is 1. The van der Waals surface area contributed by atoms with Crippen molar-refractivity contribution in [3.8, 4) is 0 Å². The van der Waals surface area contributed by atoms with Crippen LogP contribution < -0.4 is 37.6 Å². The van der Waals surface area contributed by atoms with Crippen molar-refractivity contribution >= 4 is 17.8 Å². The molecule has 4 heterocycles. The van der Waals surface area contributed by atoms with E-state index in [2.05, 4.69) is 14.7 Å². The number of nitrogens with zero attached hydrogens (tertiary/aromatic N) is 6. The van der Waals surface area contributed by atoms with Crippen molar-refractivity contribution in [2.45, 2.75) is 68.7 Å². The van der Waals surface area contributed by atoms with Gasteiger partial charge in [0.1, 0.15) is 0 Å². The maximum atomic E-state index is 9.56. The molecule has 4 rings (SSSR count). The Morgan fingerprint density at radius 3 is 1.71 bits per heavy atom. The topological polar surface area (TPSA) is 173 Å². The molecule has 11 heteroatoms. The number of piperidine rings is 3. The highest BCUT2D eigenvalue weighted by molar-refractivity contribution is 5.48. The summed E-state index contributed by atoms with van der Waals surface area (Å²) >= 11 is 0. The number of rotatable bonds is 5. The number of nitrogens with two attached hydrogens (primary N) is 4. The number of aromatic nitrogens is 3. The Hall–Kier alpha value is -1.79. The first-order chi connectivity index (χ1) is 14.9. The molecule has 174 valence electrons. The second kappa shape index (κ2) is 9.78. The fourth-order valence-corrected chi connectivity index (χ4v) is 5.15. The van der Waals surface area contributed by atoms with Crippen LogP contribution in [-0.4, -0.2) is 89.6 Å². The monoisotopic (exact) mass is 434 g/mol. The minimum Gasteiger partial charge on any atom is -0.396 e. The Kier molecular flexibility index (Phi) is 7.07. The van der Waals surface area contributed by atoms with Crippen LogP contribution in [0.1, 0.15) is 38.5 Å². The molecule has 3 fully saturated rings. The lowest BCUT2D eigenvalue weighted by molar-refractivity contribution is 0.261. The average Bonchev–Trinajstić information content (AvgIpc) is 2.73. The summed E-state index contributed by atoms with van der Waals surface area (Å²) in [6.07, 6.45) is 5.55. The minimum absolute atomic E-state index is 0.0126. The van der Waals surface area contributed by atoms with Crippen LogP contribution in [0.5, 0.6) is 0 Å². The molecular formula is C20H38N10O. The van der Waals surface area contributed by atoms with Gasteiger partial charge in [-0.25, -0.2) is 0 Å². The van der Waals surface area contributed by atoms with E-state index < -0.39 is 0 Å². The molecule has 11 nitrogen and oxygen atoms in total. The van der Waals surface area contributed by atoms with Crippen molar-refractivity contribution in [3.63, 3.8) is 0 Å². The third kappa shape index (κ3) is 5.35. The van der Waals surface area contributed by atoms with Crippen LogP contribution in [0.4, 0.5) is 17.8 Å². The predicted molar refractivity (Wildman–Crippen MR) is 122 cm³/mol. The van der Waals surface area contributed by atoms with Gasteiger partial charge in [0.25, 0.3) is 0 Å². The van der Waals surface area contributed by atoms with Gasteiger partial charge in [0, 0.05) is 69.5 Å². The SMILES string of the molecule is NC1CC(N)CN(c2nc(N3CC(N)CC(N)C3)nc(N3CCCCC3CCO)n2)C1. The Bertz CT molecular complexity index is 670. The maximum absolute atomic E-state index is 9.56. The lowest BCUT2D eigenvalue weighted by atomic mass is 10.0. The Morgan fingerprint density at radius 2 is 1.23 bits per heavy atom. The molecular weight excluding hydrogens is 396 g/mol. The van der Waals surface area contributed by atoms with Crippen molar-refractivity contribution in [2.24, 2.45) is 22.9 Å². The summed E-state index contributed by atoms with van der Waals surface area (Å²) in [5.74, 6) is 1.86. The van der Waals surface area contributed by atoms with E-state index in [1.807, 2.05) is 0 Å². The molecule has 1 aromatic heterocycles. The first-order valence-electron chi connectivity index (χ1n) is 11.6. The van der Waals surface area contributed by atoms with Crippen molar-refractivity contribution in [1.82, 2.24) is 15.0 Å². The van der Waals surface area contributed by atoms with Crippen molar-refractivity contribution in [1.29, 1.82) is 0 Å². The van der Waals surface area contributed by atoms with Crippen LogP contribution in [0.2, 0.25) is 0 Å². The minimum atomic E-state index is -0.0126. The van der Waals surface area contributed by atoms with Crippen LogP contribution in [-0.2, 0) is 0 Å². The summed E-state index contributed by atoms with van der Waals surface area (Å²) in [5.41, 5.74) is 25.0. The van der Waals surface area contributed by atoms with Gasteiger partial charge in [0.15, 0.2) is 0 Å². The van der Waals surface area contributed by atoms with Crippen molar-refractivity contribution in [2.75, 3.05) is 54.0 Å². The van der Waals surface area contributed by atoms with E-state index >= 15 is 0 Å². The van der Waals surface area contributed by atoms with E-state index in [9.17, 15) is 5.11 Å². The van der Waals surface area contributed by atoms with Gasteiger partial charge in [0.05, 0.1) is 0 Å². The highest BCUT2D eigenvalue weighted by Gasteiger charge is 2.31. The van der Waals surface area contributed by atoms with E-state index in [-0.39, 0.29) is 36.8 Å². The number of hydrogen-bond donors (Lipinski definition) is 5. The van der Waals surface area contributed by atoms with Gasteiger partial charge in [-0.15, -0.1) is 0 Å². The highest BCUT2D eigenvalue weighted by atomic mass is 16.3. The van der Waals surface area contributed by atoms with E-state index in [0.717, 1.165) is 38.6 Å². The first kappa shape index (κ1) is 22.4. The third-order valence-corrected chi connectivity index (χ3v) is 6.54. The summed E-state index contributed by atoms with van der Waals surface area (Å²) in [4.78, 5) is 20.9. The average molecular weight is 435 g/mol. The molecule has 0 aliphatic carbocycles. The Labute approximate surface area is 184 Å². The summed E-state index contributed by atoms with van der Waals surface area (Å²) in [6, 6.07) is 0.170. The summed E-state index contributed by atoms with van der Waals surface area (Å²) in [7, 11) is 0. The first-order valence-corrected chi connectivity index (χ1v) is 11.6. The number of hydrogen-bond acceptors (Lipinski definition) is 11. The standard InChI is InChI=1S/C20H38N10O/c21-13-7-14(22)10-28(9-13)18-25-19(29-11-15(23)8-16(24)12-29)27-20(26-18)30-5-2-1-3-17(30)4-6-31/h13-17,31H,1-12,21-24H2. The zero-order chi connectivity index (χ0) is 22.0. The third-order valence-electron chi connectivity index (χ3n) is 6.54. The zero-order valence-corrected chi connectivity index (χ0v) is 18.3. The number of aliphatic hydroxyl groups is 1. The fourth-order valence-electron chi connectivity index (χ4n) is 5.15. The van der Waals surface area contributed by atoms with Gasteiger partial charge in [-0.2, -0.15) is 15.0 Å². The lowest BCUT2D eigenvalue weighted by Crippen LogP contribution is -2.54. The molecule has 0 aromatic carbocycles. The van der Waals surface area contributed by atoms with Gasteiger partial charge in [-0.05, 0) is 38.5 Å². The quantitative estimate of drug-likeness (QED) is 0.359. The molecule has 3 saturated heterocycles. The van der Waals surface area contributed by atoms with E-state index in [0.29, 0.717) is 50.4 Å². The molecule has 31 heavy (non-hydrogen) atoms. The molecule has 0 radical (unpaired) electrons. The highest BCUT2D eigenvalue weighted by Crippen LogP contribution is 2.28. The molecule has 0 bridgehead atoms. The van der Waals surface area contributed by atoms with Crippen molar-refractivity contribution in [3.05, 3.63) is 0 Å². The number of anilines is 3. The van der Waals surface area contributed by atoms with Crippen LogP contribution >= 0.6 is 0 Å². The second-order valence-electron chi connectivity index (χ2n) is 9.41. The van der Waals surface area contributed by atoms with Crippen LogP contribution in [0, 0.1) is 0 Å². The molecule has 1 aromatic rings. The molecule has 0 spiro atoms. The van der Waals surface area contributed by atoms with Gasteiger partial charge in [-0.1, -0.05) is 0 Å². The zero-order valence-electron chi connectivity index (χ0n) is 18.3. The van der Waals surface area contributed by atoms with E-state index in [1.165, 1.54) is 0 Å². The Balaban J connectivity index is 1.69. The molecule has 0 saturated carbocycles. The molecule has 9 N–H and O–H groups in total. The van der Waals surface area contributed by atoms with Gasteiger partial charge < -0.3 is 42.7 Å². The van der Waals surface area contributed by atoms with Crippen LogP contribution in [0.15, 0.2) is 0 Å². The summed E-state index contributed by atoms with van der Waals surface area (Å²) in [6.45, 7) is 3.67. The second-order valence-corrected chi connectivity index (χ2v) is 9.41. The summed E-state index contributed by atoms with van der Waals surface area (Å²) < 4.78 is 0. The van der Waals surface area contributed by atoms with Crippen LogP contribution in [0.25, 0.3) is 0 Å². The predicted octanol–water partition coefficient (Wildman–Crippen LogP) is -1.66. The van der Waals surface area contributed by atoms with E-state index in [1.54, 1.807) is 0 Å². The van der Waals surface area contributed by atoms with Crippen molar-refractivity contribution < 1.29 is 5.11 Å². The molecule has 3 aliphatic heterocycles. The fraction of sp³-hybridized carbons (Fsp3) is 0.850. The summed E-state index contributed by atoms with van der Waals surface area (Å²) in [5, 5.41) is 9.56. The van der Waals surface area contributed by atoms with Gasteiger partial charge >= 0.3 is 0 Å². The smallest absolute Gasteiger partial charge is 0.232 e. The maximum Gasteiger partial charge on any atom is 0.232 e. The molecule has 5 atom stereocenters. The Morgan fingerprint density at radius 1 is 0.742 bits per heavy atom. The lowest BCUT2D eigenvalue weighted by Gasteiger charge is -2.39.